The number of hydrogen-bond donors (Lipinski definition) is 0. The van der Waals surface area contributed by atoms with E-state index >= 15 is 0 Å². The zero-order valence-electron chi connectivity index (χ0n) is 11.6. The largest absolute Gasteiger partial charge is 0.494 e. The van der Waals surface area contributed by atoms with Crippen LogP contribution in [0.3, 0.4) is 0 Å². The molecule has 0 unspecified atom stereocenters. The highest BCUT2D eigenvalue weighted by Gasteiger charge is 2.20. The van der Waals surface area contributed by atoms with Gasteiger partial charge in [-0.25, -0.2) is 4.39 Å². The molecule has 1 nitrogen and oxygen atoms in total. The van der Waals surface area contributed by atoms with E-state index in [0.29, 0.717) is 18.2 Å². The SMILES string of the molecule is CCCOc1ccc(C2CCC(C=CF)CC2)cc1. The number of benzene rings is 1. The zero-order valence-corrected chi connectivity index (χ0v) is 11.6. The molecule has 0 heterocycles. The standard InChI is InChI=1S/C17H23FO/c1-2-13-19-17-9-7-16(8-10-17)15-5-3-14(4-6-15)11-12-18/h7-12,14-15H,2-6,13H2,1H3. The van der Waals surface area contributed by atoms with Gasteiger partial charge in [-0.2, -0.15) is 0 Å². The summed E-state index contributed by atoms with van der Waals surface area (Å²) in [5.41, 5.74) is 1.39. The topological polar surface area (TPSA) is 9.23 Å². The highest BCUT2D eigenvalue weighted by Crippen LogP contribution is 2.36. The van der Waals surface area contributed by atoms with Gasteiger partial charge >= 0.3 is 0 Å². The lowest BCUT2D eigenvalue weighted by Crippen LogP contribution is -2.11. The maximum atomic E-state index is 12.1. The molecule has 0 atom stereocenters. The van der Waals surface area contributed by atoms with Crippen LogP contribution in [0.4, 0.5) is 4.39 Å². The van der Waals surface area contributed by atoms with Crippen molar-refractivity contribution in [2.75, 3.05) is 6.61 Å². The van der Waals surface area contributed by atoms with Crippen LogP contribution in [0.2, 0.25) is 0 Å². The van der Waals surface area contributed by atoms with E-state index in [-0.39, 0.29) is 0 Å². The molecule has 0 aromatic heterocycles. The normalized spacial score (nSPS) is 23.7. The molecule has 0 bridgehead atoms. The molecule has 1 aromatic carbocycles. The van der Waals surface area contributed by atoms with Crippen molar-refractivity contribution in [1.82, 2.24) is 0 Å². The fourth-order valence-corrected chi connectivity index (χ4v) is 2.80. The average molecular weight is 262 g/mol. The molecule has 0 aliphatic heterocycles. The van der Waals surface area contributed by atoms with Crippen LogP contribution in [0.1, 0.15) is 50.5 Å². The smallest absolute Gasteiger partial charge is 0.119 e. The van der Waals surface area contributed by atoms with E-state index in [0.717, 1.165) is 44.5 Å². The molecule has 0 saturated heterocycles. The van der Waals surface area contributed by atoms with Gasteiger partial charge in [-0.15, -0.1) is 0 Å². The number of hydrogen-bond acceptors (Lipinski definition) is 1. The van der Waals surface area contributed by atoms with Gasteiger partial charge in [0, 0.05) is 0 Å². The molecule has 1 saturated carbocycles. The van der Waals surface area contributed by atoms with Crippen LogP contribution >= 0.6 is 0 Å². The minimum absolute atomic E-state index is 0.438. The highest BCUT2D eigenvalue weighted by atomic mass is 19.1. The van der Waals surface area contributed by atoms with Crippen LogP contribution in [0.15, 0.2) is 36.7 Å². The second-order valence-corrected chi connectivity index (χ2v) is 5.35. The molecule has 0 radical (unpaired) electrons. The summed E-state index contributed by atoms with van der Waals surface area (Å²) < 4.78 is 17.7. The number of halogens is 1. The van der Waals surface area contributed by atoms with Crippen molar-refractivity contribution in [3.8, 4) is 5.75 Å². The Morgan fingerprint density at radius 1 is 1.16 bits per heavy atom. The molecular formula is C17H23FO. The maximum Gasteiger partial charge on any atom is 0.119 e. The predicted octanol–water partition coefficient (Wildman–Crippen LogP) is 5.23. The first-order valence-corrected chi connectivity index (χ1v) is 7.33. The van der Waals surface area contributed by atoms with Crippen molar-refractivity contribution in [1.29, 1.82) is 0 Å². The minimum Gasteiger partial charge on any atom is -0.494 e. The van der Waals surface area contributed by atoms with Gasteiger partial charge in [0.05, 0.1) is 12.9 Å². The van der Waals surface area contributed by atoms with E-state index in [1.54, 1.807) is 6.08 Å². The van der Waals surface area contributed by atoms with Crippen LogP contribution in [0, 0.1) is 5.92 Å². The van der Waals surface area contributed by atoms with Gasteiger partial charge in [0.15, 0.2) is 0 Å². The lowest BCUT2D eigenvalue weighted by atomic mass is 9.79. The first-order chi connectivity index (χ1) is 9.33. The second-order valence-electron chi connectivity index (χ2n) is 5.35. The highest BCUT2D eigenvalue weighted by molar-refractivity contribution is 5.29. The van der Waals surface area contributed by atoms with Crippen molar-refractivity contribution in [3.63, 3.8) is 0 Å². The van der Waals surface area contributed by atoms with E-state index in [4.69, 9.17) is 4.74 Å². The van der Waals surface area contributed by atoms with Crippen LogP contribution in [0.25, 0.3) is 0 Å². The Balaban J connectivity index is 1.89. The van der Waals surface area contributed by atoms with Gasteiger partial charge in [-0.05, 0) is 61.6 Å². The maximum absolute atomic E-state index is 12.1. The van der Waals surface area contributed by atoms with Crippen molar-refractivity contribution in [3.05, 3.63) is 42.2 Å². The monoisotopic (exact) mass is 262 g/mol. The lowest BCUT2D eigenvalue weighted by Gasteiger charge is -2.26. The Bertz CT molecular complexity index is 388. The van der Waals surface area contributed by atoms with Gasteiger partial charge < -0.3 is 4.74 Å². The third-order valence-corrected chi connectivity index (χ3v) is 3.94. The quantitative estimate of drug-likeness (QED) is 0.705. The van der Waals surface area contributed by atoms with Crippen molar-refractivity contribution >= 4 is 0 Å². The van der Waals surface area contributed by atoms with E-state index in [9.17, 15) is 4.39 Å². The molecule has 19 heavy (non-hydrogen) atoms. The average Bonchev–Trinajstić information content (AvgIpc) is 2.47. The zero-order chi connectivity index (χ0) is 13.5. The molecule has 0 amide bonds. The van der Waals surface area contributed by atoms with E-state index in [1.807, 2.05) is 0 Å². The molecule has 1 aliphatic rings. The first kappa shape index (κ1) is 14.1. The fourth-order valence-electron chi connectivity index (χ4n) is 2.80. The lowest BCUT2D eigenvalue weighted by molar-refractivity contribution is 0.317. The summed E-state index contributed by atoms with van der Waals surface area (Å²) in [5, 5.41) is 0. The van der Waals surface area contributed by atoms with Crippen LogP contribution in [-0.2, 0) is 0 Å². The predicted molar refractivity (Wildman–Crippen MR) is 77.2 cm³/mol. The number of allylic oxidation sites excluding steroid dienone is 1. The Morgan fingerprint density at radius 3 is 2.42 bits per heavy atom. The number of ether oxygens (including phenoxy) is 1. The molecule has 104 valence electrons. The van der Waals surface area contributed by atoms with Crippen LogP contribution in [-0.4, -0.2) is 6.61 Å². The molecule has 2 rings (SSSR count). The Labute approximate surface area is 115 Å². The van der Waals surface area contributed by atoms with E-state index < -0.39 is 0 Å². The Hall–Kier alpha value is -1.31. The van der Waals surface area contributed by atoms with Crippen LogP contribution in [0.5, 0.6) is 5.75 Å². The van der Waals surface area contributed by atoms with Crippen molar-refractivity contribution in [2.45, 2.75) is 44.9 Å². The third kappa shape index (κ3) is 4.09. The van der Waals surface area contributed by atoms with Crippen LogP contribution < -0.4 is 4.74 Å². The van der Waals surface area contributed by atoms with E-state index in [1.165, 1.54) is 5.56 Å². The number of rotatable bonds is 5. The van der Waals surface area contributed by atoms with Gasteiger partial charge in [-0.1, -0.05) is 25.1 Å². The molecule has 1 fully saturated rings. The molecular weight excluding hydrogens is 239 g/mol. The molecule has 0 N–H and O–H groups in total. The summed E-state index contributed by atoms with van der Waals surface area (Å²) >= 11 is 0. The third-order valence-electron chi connectivity index (χ3n) is 3.94. The summed E-state index contributed by atoms with van der Waals surface area (Å²) in [6.07, 6.45) is 7.95. The summed E-state index contributed by atoms with van der Waals surface area (Å²) in [7, 11) is 0. The van der Waals surface area contributed by atoms with Gasteiger partial charge in [0.2, 0.25) is 0 Å². The fraction of sp³-hybridized carbons (Fsp3) is 0.529. The summed E-state index contributed by atoms with van der Waals surface area (Å²) in [6, 6.07) is 8.50. The van der Waals surface area contributed by atoms with Gasteiger partial charge in [0.25, 0.3) is 0 Å². The Kier molecular flexibility index (Phi) is 5.44. The molecule has 1 aromatic rings. The first-order valence-electron chi connectivity index (χ1n) is 7.33. The Morgan fingerprint density at radius 2 is 1.84 bits per heavy atom. The van der Waals surface area contributed by atoms with Crippen molar-refractivity contribution in [2.24, 2.45) is 5.92 Å². The summed E-state index contributed by atoms with van der Waals surface area (Å²) in [4.78, 5) is 0. The van der Waals surface area contributed by atoms with Crippen molar-refractivity contribution < 1.29 is 9.13 Å². The van der Waals surface area contributed by atoms with Gasteiger partial charge in [-0.3, -0.25) is 0 Å². The summed E-state index contributed by atoms with van der Waals surface area (Å²) in [6.45, 7) is 2.89. The molecule has 1 aliphatic carbocycles. The van der Waals surface area contributed by atoms with E-state index in [2.05, 4.69) is 31.2 Å². The second kappa shape index (κ2) is 7.32. The minimum atomic E-state index is 0.438. The van der Waals surface area contributed by atoms with Gasteiger partial charge in [0.1, 0.15) is 5.75 Å². The molecule has 2 heteroatoms. The molecule has 0 spiro atoms. The summed E-state index contributed by atoms with van der Waals surface area (Å²) in [5.74, 6) is 2.03.